The Morgan fingerprint density at radius 1 is 1.00 bits per heavy atom. The van der Waals surface area contributed by atoms with Crippen LogP contribution < -0.4 is 14.4 Å². The molecule has 180 valence electrons. The van der Waals surface area contributed by atoms with Crippen LogP contribution in [0.2, 0.25) is 0 Å². The van der Waals surface area contributed by atoms with E-state index in [9.17, 15) is 4.79 Å². The molecule has 1 fully saturated rings. The molecule has 1 aliphatic heterocycles. The van der Waals surface area contributed by atoms with Crippen molar-refractivity contribution in [1.82, 2.24) is 19.7 Å². The van der Waals surface area contributed by atoms with E-state index >= 15 is 0 Å². The highest BCUT2D eigenvalue weighted by molar-refractivity contribution is 7.13. The van der Waals surface area contributed by atoms with Crippen molar-refractivity contribution >= 4 is 22.4 Å². The number of benzene rings is 2. The number of aromatic nitrogens is 3. The standard InChI is InChI=1S/C26H27N5O3S/c1-33-20-9-10-21(23(17-20)34-2)24-22(18-31(28-24)19-7-4-3-5-8-19)25(32)29-12-6-13-30(15-14-29)26-27-11-16-35-26/h3-5,7-11,16-18H,6,12-15H2,1-2H3. The van der Waals surface area contributed by atoms with Crippen molar-refractivity contribution in [1.29, 1.82) is 0 Å². The van der Waals surface area contributed by atoms with Crippen LogP contribution in [0.1, 0.15) is 16.8 Å². The molecule has 0 spiro atoms. The number of para-hydroxylation sites is 1. The molecule has 0 unspecified atom stereocenters. The molecule has 2 aromatic carbocycles. The Balaban J connectivity index is 1.51. The van der Waals surface area contributed by atoms with Crippen LogP contribution in [0.4, 0.5) is 5.13 Å². The van der Waals surface area contributed by atoms with Crippen LogP contribution in [0, 0.1) is 0 Å². The fraction of sp³-hybridized carbons (Fsp3) is 0.269. The Morgan fingerprint density at radius 3 is 2.60 bits per heavy atom. The van der Waals surface area contributed by atoms with E-state index < -0.39 is 0 Å². The number of nitrogens with zero attached hydrogens (tertiary/aromatic N) is 5. The van der Waals surface area contributed by atoms with E-state index in [0.29, 0.717) is 35.8 Å². The summed E-state index contributed by atoms with van der Waals surface area (Å²) in [7, 11) is 3.22. The minimum atomic E-state index is -0.0407. The van der Waals surface area contributed by atoms with Gasteiger partial charge in [0.1, 0.15) is 17.2 Å². The molecule has 0 aliphatic carbocycles. The lowest BCUT2D eigenvalue weighted by atomic mass is 10.1. The highest BCUT2D eigenvalue weighted by Crippen LogP contribution is 2.35. The zero-order chi connectivity index (χ0) is 24.2. The highest BCUT2D eigenvalue weighted by atomic mass is 32.1. The summed E-state index contributed by atoms with van der Waals surface area (Å²) >= 11 is 1.63. The maximum absolute atomic E-state index is 13.9. The first-order valence-corrected chi connectivity index (χ1v) is 12.4. The molecule has 0 atom stereocenters. The van der Waals surface area contributed by atoms with Crippen molar-refractivity contribution in [2.24, 2.45) is 0 Å². The third-order valence-electron chi connectivity index (χ3n) is 6.10. The second-order valence-electron chi connectivity index (χ2n) is 8.19. The third-order valence-corrected chi connectivity index (χ3v) is 6.93. The first kappa shape index (κ1) is 22.9. The molecule has 5 rings (SSSR count). The van der Waals surface area contributed by atoms with E-state index in [1.165, 1.54) is 0 Å². The number of amides is 1. The second-order valence-corrected chi connectivity index (χ2v) is 9.06. The van der Waals surface area contributed by atoms with E-state index in [1.54, 1.807) is 30.2 Å². The lowest BCUT2D eigenvalue weighted by Gasteiger charge is -2.21. The van der Waals surface area contributed by atoms with Gasteiger partial charge in [0, 0.05) is 55.6 Å². The normalized spacial score (nSPS) is 14.0. The van der Waals surface area contributed by atoms with Crippen LogP contribution >= 0.6 is 11.3 Å². The summed E-state index contributed by atoms with van der Waals surface area (Å²) in [5.74, 6) is 1.24. The van der Waals surface area contributed by atoms with Gasteiger partial charge in [0.15, 0.2) is 5.13 Å². The summed E-state index contributed by atoms with van der Waals surface area (Å²) in [5, 5.41) is 7.82. The fourth-order valence-corrected chi connectivity index (χ4v) is 4.99. The van der Waals surface area contributed by atoms with E-state index in [4.69, 9.17) is 14.6 Å². The molecule has 0 saturated carbocycles. The Kier molecular flexibility index (Phi) is 6.67. The minimum Gasteiger partial charge on any atom is -0.497 e. The van der Waals surface area contributed by atoms with Gasteiger partial charge in [0.25, 0.3) is 5.91 Å². The molecule has 1 aliphatic rings. The topological polar surface area (TPSA) is 72.7 Å². The fourth-order valence-electron chi connectivity index (χ4n) is 4.29. The smallest absolute Gasteiger partial charge is 0.257 e. The molecule has 0 radical (unpaired) electrons. The van der Waals surface area contributed by atoms with E-state index in [-0.39, 0.29) is 5.91 Å². The monoisotopic (exact) mass is 489 g/mol. The third kappa shape index (κ3) is 4.72. The molecule has 1 saturated heterocycles. The predicted molar refractivity (Wildman–Crippen MR) is 137 cm³/mol. The number of carbonyl (C=O) groups is 1. The van der Waals surface area contributed by atoms with Crippen LogP contribution in [0.3, 0.4) is 0 Å². The Hall–Kier alpha value is -3.85. The van der Waals surface area contributed by atoms with Crippen molar-refractivity contribution in [3.05, 3.63) is 71.9 Å². The van der Waals surface area contributed by atoms with Crippen molar-refractivity contribution in [2.75, 3.05) is 45.3 Å². The van der Waals surface area contributed by atoms with Crippen LogP contribution in [-0.4, -0.2) is 66.0 Å². The van der Waals surface area contributed by atoms with Crippen molar-refractivity contribution in [2.45, 2.75) is 6.42 Å². The molecule has 2 aromatic heterocycles. The maximum atomic E-state index is 13.9. The summed E-state index contributed by atoms with van der Waals surface area (Å²) in [6, 6.07) is 15.3. The lowest BCUT2D eigenvalue weighted by molar-refractivity contribution is 0.0767. The van der Waals surface area contributed by atoms with Crippen LogP contribution in [0.25, 0.3) is 16.9 Å². The number of thiazole rings is 1. The Labute approximate surface area is 208 Å². The first-order valence-electron chi connectivity index (χ1n) is 11.5. The molecule has 1 amide bonds. The molecule has 0 bridgehead atoms. The molecule has 3 heterocycles. The van der Waals surface area contributed by atoms with E-state index in [2.05, 4.69) is 9.88 Å². The first-order chi connectivity index (χ1) is 17.2. The molecular weight excluding hydrogens is 462 g/mol. The largest absolute Gasteiger partial charge is 0.497 e. The summed E-state index contributed by atoms with van der Waals surface area (Å²) < 4.78 is 12.8. The number of rotatable bonds is 6. The van der Waals surface area contributed by atoms with Gasteiger partial charge in [-0.1, -0.05) is 18.2 Å². The highest BCUT2D eigenvalue weighted by Gasteiger charge is 2.27. The molecule has 35 heavy (non-hydrogen) atoms. The number of hydrogen-bond acceptors (Lipinski definition) is 7. The zero-order valence-corrected chi connectivity index (χ0v) is 20.6. The van der Waals surface area contributed by atoms with E-state index in [0.717, 1.165) is 35.9 Å². The Bertz CT molecular complexity index is 1290. The van der Waals surface area contributed by atoms with E-state index in [1.807, 2.05) is 71.2 Å². The second kappa shape index (κ2) is 10.2. The maximum Gasteiger partial charge on any atom is 0.257 e. The summed E-state index contributed by atoms with van der Waals surface area (Å²) in [6.07, 6.45) is 4.51. The number of ether oxygens (including phenoxy) is 2. The zero-order valence-electron chi connectivity index (χ0n) is 19.8. The average Bonchev–Trinajstić information content (AvgIpc) is 3.54. The van der Waals surface area contributed by atoms with Gasteiger partial charge >= 0.3 is 0 Å². The van der Waals surface area contributed by atoms with Gasteiger partial charge in [0.2, 0.25) is 0 Å². The van der Waals surface area contributed by atoms with Gasteiger partial charge in [-0.3, -0.25) is 4.79 Å². The van der Waals surface area contributed by atoms with Crippen LogP contribution in [0.15, 0.2) is 66.3 Å². The molecule has 0 N–H and O–H groups in total. The number of carbonyl (C=O) groups excluding carboxylic acids is 1. The van der Waals surface area contributed by atoms with Gasteiger partial charge < -0.3 is 19.3 Å². The number of methoxy groups -OCH3 is 2. The number of hydrogen-bond donors (Lipinski definition) is 0. The molecule has 4 aromatic rings. The lowest BCUT2D eigenvalue weighted by Crippen LogP contribution is -2.35. The van der Waals surface area contributed by atoms with Crippen molar-refractivity contribution < 1.29 is 14.3 Å². The van der Waals surface area contributed by atoms with Gasteiger partial charge in [-0.25, -0.2) is 9.67 Å². The molecule has 9 heteroatoms. The van der Waals surface area contributed by atoms with Crippen LogP contribution in [-0.2, 0) is 0 Å². The minimum absolute atomic E-state index is 0.0407. The van der Waals surface area contributed by atoms with Crippen molar-refractivity contribution in [3.63, 3.8) is 0 Å². The average molecular weight is 490 g/mol. The van der Waals surface area contributed by atoms with Gasteiger partial charge in [-0.2, -0.15) is 5.10 Å². The van der Waals surface area contributed by atoms with Gasteiger partial charge in [0.05, 0.1) is 25.5 Å². The van der Waals surface area contributed by atoms with Crippen molar-refractivity contribution in [3.8, 4) is 28.4 Å². The molecular formula is C26H27N5O3S. The Morgan fingerprint density at radius 2 is 1.86 bits per heavy atom. The SMILES string of the molecule is COc1ccc(-c2nn(-c3ccccc3)cc2C(=O)N2CCCN(c3nccs3)CC2)c(OC)c1. The quantitative estimate of drug-likeness (QED) is 0.401. The number of anilines is 1. The van der Waals surface area contributed by atoms with Gasteiger partial charge in [-0.05, 0) is 30.7 Å². The summed E-state index contributed by atoms with van der Waals surface area (Å²) in [5.41, 5.74) is 2.75. The molecule has 8 nitrogen and oxygen atoms in total. The predicted octanol–water partition coefficient (Wildman–Crippen LogP) is 4.37. The van der Waals surface area contributed by atoms with Crippen LogP contribution in [0.5, 0.6) is 11.5 Å². The summed E-state index contributed by atoms with van der Waals surface area (Å²) in [4.78, 5) is 22.5. The summed E-state index contributed by atoms with van der Waals surface area (Å²) in [6.45, 7) is 2.91. The van der Waals surface area contributed by atoms with Gasteiger partial charge in [-0.15, -0.1) is 11.3 Å².